The van der Waals surface area contributed by atoms with Gasteiger partial charge in [-0.05, 0) is 36.5 Å². The number of benzene rings is 1. The fourth-order valence-electron chi connectivity index (χ4n) is 3.83. The highest BCUT2D eigenvalue weighted by molar-refractivity contribution is 7.88. The maximum atomic E-state index is 13.1. The van der Waals surface area contributed by atoms with Crippen molar-refractivity contribution in [1.82, 2.24) is 15.0 Å². The van der Waals surface area contributed by atoms with Crippen molar-refractivity contribution >= 4 is 38.0 Å². The largest absolute Gasteiger partial charge is 0.396 e. The molecule has 32 heavy (non-hydrogen) atoms. The van der Waals surface area contributed by atoms with Crippen molar-refractivity contribution in [2.24, 2.45) is 0 Å². The molecule has 3 aromatic heterocycles. The number of aliphatic hydroxyl groups is 1. The number of aliphatic hydroxyl groups excluding tert-OH is 1. The molecule has 6 nitrogen and oxygen atoms in total. The number of hydrogen-bond acceptors (Lipinski definition) is 7. The lowest BCUT2D eigenvalue weighted by atomic mass is 10.00. The van der Waals surface area contributed by atoms with E-state index in [1.165, 1.54) is 11.3 Å². The Morgan fingerprint density at radius 3 is 2.53 bits per heavy atom. The van der Waals surface area contributed by atoms with E-state index in [9.17, 15) is 4.21 Å². The minimum Gasteiger partial charge on any atom is -0.396 e. The lowest BCUT2D eigenvalue weighted by Crippen LogP contribution is -2.23. The molecule has 0 unspecified atom stereocenters. The third-order valence-electron chi connectivity index (χ3n) is 5.85. The van der Waals surface area contributed by atoms with Gasteiger partial charge in [0, 0.05) is 41.6 Å². The molecule has 1 aliphatic rings. The minimum atomic E-state index is -1.10. The molecule has 1 fully saturated rings. The Hall–Kier alpha value is -2.68. The number of pyridine rings is 1. The van der Waals surface area contributed by atoms with Crippen LogP contribution in [0.15, 0.2) is 53.0 Å². The molecule has 1 aliphatic carbocycles. The Morgan fingerprint density at radius 2 is 1.88 bits per heavy atom. The van der Waals surface area contributed by atoms with E-state index >= 15 is 0 Å². The molecule has 8 heteroatoms. The zero-order valence-electron chi connectivity index (χ0n) is 17.5. The van der Waals surface area contributed by atoms with Gasteiger partial charge in [-0.25, -0.2) is 15.0 Å². The Bertz CT molecular complexity index is 1270. The number of aromatic nitrogens is 3. The molecule has 5 rings (SSSR count). The van der Waals surface area contributed by atoms with Crippen LogP contribution in [0.4, 0.5) is 5.69 Å². The second-order valence-electron chi connectivity index (χ2n) is 7.97. The van der Waals surface area contributed by atoms with Crippen molar-refractivity contribution in [1.29, 1.82) is 0 Å². The number of anilines is 1. The van der Waals surface area contributed by atoms with E-state index in [0.29, 0.717) is 24.4 Å². The van der Waals surface area contributed by atoms with Crippen LogP contribution in [-0.4, -0.2) is 36.1 Å². The first kappa shape index (κ1) is 21.2. The summed E-state index contributed by atoms with van der Waals surface area (Å²) < 4.78 is 13.9. The molecule has 0 radical (unpaired) electrons. The van der Waals surface area contributed by atoms with E-state index < -0.39 is 10.8 Å². The summed E-state index contributed by atoms with van der Waals surface area (Å²) in [5.74, 6) is 0.700. The molecule has 164 valence electrons. The molecule has 0 aliphatic heterocycles. The van der Waals surface area contributed by atoms with Gasteiger partial charge in [-0.1, -0.05) is 36.8 Å². The monoisotopic (exact) mass is 464 g/mol. The Balaban J connectivity index is 1.64. The van der Waals surface area contributed by atoms with Crippen LogP contribution in [0, 0.1) is 0 Å². The van der Waals surface area contributed by atoms with Crippen molar-refractivity contribution in [2.75, 3.05) is 12.3 Å². The quantitative estimate of drug-likeness (QED) is 0.415. The predicted molar refractivity (Wildman–Crippen MR) is 130 cm³/mol. The van der Waals surface area contributed by atoms with E-state index in [2.05, 4.69) is 9.97 Å². The molecular formula is C24H24N4O2S2. The molecular weight excluding hydrogens is 440 g/mol. The molecule has 0 amide bonds. The Kier molecular flexibility index (Phi) is 5.99. The van der Waals surface area contributed by atoms with Gasteiger partial charge in [0.2, 0.25) is 0 Å². The van der Waals surface area contributed by atoms with Gasteiger partial charge in [0.1, 0.15) is 14.9 Å². The van der Waals surface area contributed by atoms with Crippen LogP contribution in [-0.2, 0) is 17.2 Å². The van der Waals surface area contributed by atoms with E-state index in [-0.39, 0.29) is 11.9 Å². The van der Waals surface area contributed by atoms with E-state index in [1.807, 2.05) is 36.4 Å². The van der Waals surface area contributed by atoms with Gasteiger partial charge in [0.15, 0.2) is 0 Å². The molecule has 1 atom stereocenters. The fraction of sp³-hybridized carbons (Fsp3) is 0.292. The van der Waals surface area contributed by atoms with Gasteiger partial charge in [-0.15, -0.1) is 11.3 Å². The van der Waals surface area contributed by atoms with Crippen molar-refractivity contribution in [3.05, 3.63) is 54.6 Å². The molecule has 1 saturated carbocycles. The summed E-state index contributed by atoms with van der Waals surface area (Å²) in [5.41, 5.74) is 10.7. The summed E-state index contributed by atoms with van der Waals surface area (Å²) in [6.45, 7) is 0.119. The lowest BCUT2D eigenvalue weighted by Gasteiger charge is -2.23. The highest BCUT2D eigenvalue weighted by atomic mass is 32.2. The van der Waals surface area contributed by atoms with Crippen molar-refractivity contribution in [3.63, 3.8) is 0 Å². The highest BCUT2D eigenvalue weighted by Crippen LogP contribution is 2.44. The van der Waals surface area contributed by atoms with Gasteiger partial charge in [0.05, 0.1) is 22.2 Å². The number of nitrogens with zero attached hydrogens (tertiary/aromatic N) is 3. The van der Waals surface area contributed by atoms with Crippen LogP contribution in [0.1, 0.15) is 31.5 Å². The van der Waals surface area contributed by atoms with Crippen molar-refractivity contribution < 1.29 is 9.32 Å². The fourth-order valence-corrected chi connectivity index (χ4v) is 7.04. The zero-order valence-corrected chi connectivity index (χ0v) is 19.2. The number of nitrogens with two attached hydrogens (primary N) is 1. The topological polar surface area (TPSA) is 102 Å². The normalized spacial score (nSPS) is 15.0. The first-order chi connectivity index (χ1) is 15.7. The van der Waals surface area contributed by atoms with Crippen molar-refractivity contribution in [2.45, 2.75) is 41.6 Å². The highest BCUT2D eigenvalue weighted by Gasteiger charge is 2.29. The van der Waals surface area contributed by atoms with Crippen LogP contribution in [0.5, 0.6) is 0 Å². The third-order valence-corrected chi connectivity index (χ3v) is 9.15. The number of aryl methyl sites for hydroxylation is 1. The second kappa shape index (κ2) is 9.05. The second-order valence-corrected chi connectivity index (χ2v) is 10.9. The molecule has 1 aromatic carbocycles. The third kappa shape index (κ3) is 3.94. The van der Waals surface area contributed by atoms with Crippen LogP contribution in [0.3, 0.4) is 0 Å². The first-order valence-electron chi connectivity index (χ1n) is 10.8. The number of nitrogen functional groups attached to an aromatic ring is 1. The summed E-state index contributed by atoms with van der Waals surface area (Å²) in [4.78, 5) is 14.5. The zero-order chi connectivity index (χ0) is 22.1. The minimum absolute atomic E-state index is 0.119. The molecule has 0 saturated heterocycles. The van der Waals surface area contributed by atoms with Crippen LogP contribution in [0.25, 0.3) is 32.6 Å². The Labute approximate surface area is 193 Å². The van der Waals surface area contributed by atoms with Crippen LogP contribution >= 0.6 is 11.3 Å². The van der Waals surface area contributed by atoms with Crippen LogP contribution in [0.2, 0.25) is 0 Å². The van der Waals surface area contributed by atoms with Crippen molar-refractivity contribution in [3.8, 4) is 22.4 Å². The summed E-state index contributed by atoms with van der Waals surface area (Å²) in [7, 11) is -1.10. The molecule has 0 spiro atoms. The van der Waals surface area contributed by atoms with E-state index in [0.717, 1.165) is 56.1 Å². The van der Waals surface area contributed by atoms with Gasteiger partial charge in [-0.2, -0.15) is 0 Å². The summed E-state index contributed by atoms with van der Waals surface area (Å²) in [6, 6.07) is 12.1. The number of hydrogen-bond donors (Lipinski definition) is 2. The standard InChI is InChI=1S/C24H24N4O2S2/c25-22-21-18(15-6-2-1-3-7-15)12-19(16-13-26-20(27-14-16)10-5-11-29)28-23(21)31-24(22)32(30)17-8-4-9-17/h1-3,6-7,12-14,17,29H,4-5,8-11,25H2/t32-/m1/s1. The van der Waals surface area contributed by atoms with E-state index in [1.54, 1.807) is 12.4 Å². The van der Waals surface area contributed by atoms with Crippen LogP contribution < -0.4 is 5.73 Å². The summed E-state index contributed by atoms with van der Waals surface area (Å²) >= 11 is 1.44. The number of rotatable bonds is 7. The predicted octanol–water partition coefficient (Wildman–Crippen LogP) is 4.59. The average molecular weight is 465 g/mol. The lowest BCUT2D eigenvalue weighted by molar-refractivity contribution is 0.287. The number of thiophene rings is 1. The van der Waals surface area contributed by atoms with Gasteiger partial charge >= 0.3 is 0 Å². The molecule has 3 heterocycles. The van der Waals surface area contributed by atoms with Gasteiger partial charge in [0.25, 0.3) is 0 Å². The maximum Gasteiger partial charge on any atom is 0.128 e. The molecule has 0 bridgehead atoms. The summed E-state index contributed by atoms with van der Waals surface area (Å²) in [6.07, 6.45) is 7.93. The molecule has 3 N–H and O–H groups in total. The Morgan fingerprint density at radius 1 is 1.12 bits per heavy atom. The van der Waals surface area contributed by atoms with E-state index in [4.69, 9.17) is 15.8 Å². The van der Waals surface area contributed by atoms with Gasteiger partial charge in [-0.3, -0.25) is 4.21 Å². The number of fused-ring (bicyclic) bond motifs is 1. The smallest absolute Gasteiger partial charge is 0.128 e. The first-order valence-corrected chi connectivity index (χ1v) is 12.8. The summed E-state index contributed by atoms with van der Waals surface area (Å²) in [5, 5.41) is 10.1. The maximum absolute atomic E-state index is 13.1. The molecule has 4 aromatic rings. The SMILES string of the molecule is Nc1c([S@](=O)C2CCC2)sc2nc(-c3cnc(CCCO)nc3)cc(-c3ccccc3)c12. The van der Waals surface area contributed by atoms with Gasteiger partial charge < -0.3 is 10.8 Å². The average Bonchev–Trinajstić information content (AvgIpc) is 3.13.